The molecule has 0 atom stereocenters. The normalized spacial score (nSPS) is 11.6. The van der Waals surface area contributed by atoms with Crippen molar-refractivity contribution < 1.29 is 13.2 Å². The highest BCUT2D eigenvalue weighted by molar-refractivity contribution is 7.92. The molecule has 4 aromatic rings. The predicted molar refractivity (Wildman–Crippen MR) is 148 cm³/mol. The Labute approximate surface area is 226 Å². The van der Waals surface area contributed by atoms with E-state index in [2.05, 4.69) is 15.1 Å². The largest absolute Gasteiger partial charge is 0.318 e. The van der Waals surface area contributed by atoms with Crippen LogP contribution in [0.2, 0.25) is 10.0 Å². The minimum atomic E-state index is -4.13. The van der Waals surface area contributed by atoms with Crippen LogP contribution in [0.3, 0.4) is 0 Å². The van der Waals surface area contributed by atoms with Crippen LogP contribution in [-0.4, -0.2) is 31.7 Å². The van der Waals surface area contributed by atoms with Crippen molar-refractivity contribution in [2.24, 2.45) is 5.10 Å². The Morgan fingerprint density at radius 1 is 0.973 bits per heavy atom. The number of aromatic nitrogens is 1. The molecule has 4 rings (SSSR count). The maximum atomic E-state index is 13.4. The van der Waals surface area contributed by atoms with E-state index in [-0.39, 0.29) is 20.6 Å². The number of rotatable bonds is 8. The van der Waals surface area contributed by atoms with Gasteiger partial charge in [-0.05, 0) is 56.3 Å². The zero-order chi connectivity index (χ0) is 26.6. The van der Waals surface area contributed by atoms with Gasteiger partial charge in [0.2, 0.25) is 0 Å². The van der Waals surface area contributed by atoms with E-state index >= 15 is 0 Å². The van der Waals surface area contributed by atoms with Crippen LogP contribution in [0.15, 0.2) is 94.9 Å². The Balaban J connectivity index is 1.58. The van der Waals surface area contributed by atoms with Gasteiger partial charge in [0.05, 0.1) is 26.8 Å². The van der Waals surface area contributed by atoms with Crippen LogP contribution >= 0.6 is 23.2 Å². The van der Waals surface area contributed by atoms with Crippen molar-refractivity contribution in [3.8, 4) is 5.69 Å². The molecule has 190 valence electrons. The van der Waals surface area contributed by atoms with E-state index < -0.39 is 22.5 Å². The number of amides is 1. The van der Waals surface area contributed by atoms with Crippen LogP contribution in [0, 0.1) is 13.8 Å². The number of para-hydroxylation sites is 1. The first kappa shape index (κ1) is 26.5. The number of sulfonamides is 1. The van der Waals surface area contributed by atoms with Crippen molar-refractivity contribution in [1.82, 2.24) is 9.99 Å². The average Bonchev–Trinajstić information content (AvgIpc) is 3.18. The number of hydrazone groups is 1. The fraction of sp³-hybridized carbons (Fsp3) is 0.111. The Bertz CT molecular complexity index is 1550. The van der Waals surface area contributed by atoms with E-state index in [0.29, 0.717) is 0 Å². The van der Waals surface area contributed by atoms with Gasteiger partial charge in [-0.2, -0.15) is 5.10 Å². The topological polar surface area (TPSA) is 83.8 Å². The molecular formula is C27H24Cl2N4O3S. The molecule has 0 bridgehead atoms. The van der Waals surface area contributed by atoms with E-state index in [1.807, 2.05) is 50.2 Å². The van der Waals surface area contributed by atoms with Crippen molar-refractivity contribution in [1.29, 1.82) is 0 Å². The van der Waals surface area contributed by atoms with E-state index in [0.717, 1.165) is 26.9 Å². The van der Waals surface area contributed by atoms with E-state index in [1.165, 1.54) is 30.5 Å². The van der Waals surface area contributed by atoms with E-state index in [1.54, 1.807) is 24.3 Å². The second-order valence-electron chi connectivity index (χ2n) is 8.19. The molecule has 0 aliphatic carbocycles. The molecule has 37 heavy (non-hydrogen) atoms. The summed E-state index contributed by atoms with van der Waals surface area (Å²) in [6.45, 7) is 3.38. The van der Waals surface area contributed by atoms with Gasteiger partial charge in [-0.25, -0.2) is 13.8 Å². The highest BCUT2D eigenvalue weighted by Gasteiger charge is 2.29. The molecule has 3 aromatic carbocycles. The molecule has 1 aromatic heterocycles. The third kappa shape index (κ3) is 5.72. The molecule has 0 radical (unpaired) electrons. The molecular weight excluding hydrogens is 531 g/mol. The van der Waals surface area contributed by atoms with Gasteiger partial charge in [0.25, 0.3) is 15.9 Å². The highest BCUT2D eigenvalue weighted by atomic mass is 35.5. The summed E-state index contributed by atoms with van der Waals surface area (Å²) in [5.74, 6) is -0.649. The first-order valence-electron chi connectivity index (χ1n) is 11.3. The van der Waals surface area contributed by atoms with Gasteiger partial charge in [-0.1, -0.05) is 65.7 Å². The molecule has 1 N–H and O–H groups in total. The Morgan fingerprint density at radius 2 is 1.62 bits per heavy atom. The Kier molecular flexibility index (Phi) is 8.02. The molecule has 0 spiro atoms. The van der Waals surface area contributed by atoms with Gasteiger partial charge < -0.3 is 4.57 Å². The maximum Gasteiger partial charge on any atom is 0.264 e. The van der Waals surface area contributed by atoms with Gasteiger partial charge in [0.15, 0.2) is 0 Å². The molecule has 0 saturated heterocycles. The van der Waals surface area contributed by atoms with E-state index in [9.17, 15) is 13.2 Å². The molecule has 7 nitrogen and oxygen atoms in total. The number of nitrogens with zero attached hydrogens (tertiary/aromatic N) is 3. The van der Waals surface area contributed by atoms with Gasteiger partial charge in [-0.3, -0.25) is 9.10 Å². The van der Waals surface area contributed by atoms with Crippen molar-refractivity contribution in [2.75, 3.05) is 10.8 Å². The number of benzene rings is 3. The minimum absolute atomic E-state index is 0.00990. The standard InChI is InChI=1S/C27H24Cl2N4O3S/c1-19-16-21(20(2)33(19)22-10-5-3-6-11-22)17-30-31-26(34)18-32(25-15-9-14-24(28)27(25)29)37(35,36)23-12-7-4-8-13-23/h3-17H,18H2,1-2H3,(H,31,34)/b30-17+. The Hall–Kier alpha value is -3.59. The maximum absolute atomic E-state index is 13.4. The zero-order valence-electron chi connectivity index (χ0n) is 20.1. The monoisotopic (exact) mass is 554 g/mol. The summed E-state index contributed by atoms with van der Waals surface area (Å²) in [5, 5.41) is 4.26. The number of nitrogens with one attached hydrogen (secondary N) is 1. The molecule has 1 heterocycles. The lowest BCUT2D eigenvalue weighted by molar-refractivity contribution is -0.119. The number of carbonyl (C=O) groups is 1. The van der Waals surface area contributed by atoms with Crippen LogP contribution in [-0.2, 0) is 14.8 Å². The first-order chi connectivity index (χ1) is 17.7. The van der Waals surface area contributed by atoms with Gasteiger partial charge in [-0.15, -0.1) is 0 Å². The van der Waals surface area contributed by atoms with E-state index in [4.69, 9.17) is 23.2 Å². The van der Waals surface area contributed by atoms with Gasteiger partial charge >= 0.3 is 0 Å². The number of carbonyl (C=O) groups excluding carboxylic acids is 1. The van der Waals surface area contributed by atoms with Crippen molar-refractivity contribution >= 4 is 51.0 Å². The van der Waals surface area contributed by atoms with Crippen LogP contribution in [0.4, 0.5) is 5.69 Å². The SMILES string of the molecule is Cc1cc(/C=N/NC(=O)CN(c2cccc(Cl)c2Cl)S(=O)(=O)c2ccccc2)c(C)n1-c1ccccc1. The quantitative estimate of drug-likeness (QED) is 0.222. The molecule has 0 aliphatic rings. The van der Waals surface area contributed by atoms with Crippen molar-refractivity contribution in [3.05, 3.63) is 112 Å². The number of aryl methyl sites for hydroxylation is 1. The fourth-order valence-electron chi connectivity index (χ4n) is 3.94. The second-order valence-corrected chi connectivity index (χ2v) is 10.8. The van der Waals surface area contributed by atoms with Gasteiger partial charge in [0.1, 0.15) is 6.54 Å². The van der Waals surface area contributed by atoms with Gasteiger partial charge in [0, 0.05) is 22.6 Å². The number of hydrogen-bond acceptors (Lipinski definition) is 4. The van der Waals surface area contributed by atoms with Crippen LogP contribution in [0.1, 0.15) is 17.0 Å². The lowest BCUT2D eigenvalue weighted by Gasteiger charge is -2.24. The summed E-state index contributed by atoms with van der Waals surface area (Å²) in [7, 11) is -4.13. The lowest BCUT2D eigenvalue weighted by Crippen LogP contribution is -2.39. The van der Waals surface area contributed by atoms with Crippen LogP contribution in [0.25, 0.3) is 5.69 Å². The lowest BCUT2D eigenvalue weighted by atomic mass is 10.2. The molecule has 1 amide bonds. The summed E-state index contributed by atoms with van der Waals surface area (Å²) in [5.41, 5.74) is 6.29. The predicted octanol–water partition coefficient (Wildman–Crippen LogP) is 5.75. The summed E-state index contributed by atoms with van der Waals surface area (Å²) >= 11 is 12.5. The summed E-state index contributed by atoms with van der Waals surface area (Å²) in [4.78, 5) is 12.9. The summed E-state index contributed by atoms with van der Waals surface area (Å²) in [6, 6.07) is 24.2. The number of hydrogen-bond donors (Lipinski definition) is 1. The molecule has 0 unspecified atom stereocenters. The Morgan fingerprint density at radius 3 is 2.30 bits per heavy atom. The smallest absolute Gasteiger partial charge is 0.264 e. The van der Waals surface area contributed by atoms with Crippen LogP contribution < -0.4 is 9.73 Å². The van der Waals surface area contributed by atoms with Crippen molar-refractivity contribution in [2.45, 2.75) is 18.7 Å². The minimum Gasteiger partial charge on any atom is -0.318 e. The number of anilines is 1. The highest BCUT2D eigenvalue weighted by Crippen LogP contribution is 2.35. The third-order valence-electron chi connectivity index (χ3n) is 5.70. The molecule has 10 heteroatoms. The molecule has 0 saturated carbocycles. The van der Waals surface area contributed by atoms with Crippen LogP contribution in [0.5, 0.6) is 0 Å². The number of halogens is 2. The summed E-state index contributed by atoms with van der Waals surface area (Å²) < 4.78 is 29.9. The summed E-state index contributed by atoms with van der Waals surface area (Å²) in [6.07, 6.45) is 1.53. The van der Waals surface area contributed by atoms with Crippen molar-refractivity contribution in [3.63, 3.8) is 0 Å². The molecule has 0 fully saturated rings. The first-order valence-corrected chi connectivity index (χ1v) is 13.5. The molecule has 0 aliphatic heterocycles. The second kappa shape index (κ2) is 11.2. The zero-order valence-corrected chi connectivity index (χ0v) is 22.4. The fourth-order valence-corrected chi connectivity index (χ4v) is 5.84. The average molecular weight is 555 g/mol. The third-order valence-corrected chi connectivity index (χ3v) is 8.28.